The van der Waals surface area contributed by atoms with Gasteiger partial charge in [-0.15, -0.1) is 11.6 Å². The first-order valence-corrected chi connectivity index (χ1v) is 8.12. The molecule has 6 heteroatoms. The maximum atomic E-state index is 11.3. The summed E-state index contributed by atoms with van der Waals surface area (Å²) in [5.41, 5.74) is 0.932. The van der Waals surface area contributed by atoms with E-state index in [1.807, 2.05) is 0 Å². The molecule has 2 atom stereocenters. The van der Waals surface area contributed by atoms with Crippen LogP contribution in [0.2, 0.25) is 0 Å². The molecule has 1 aromatic rings. The largest absolute Gasteiger partial charge is 0.390 e. The number of hydrogen-bond donors (Lipinski definition) is 2. The van der Waals surface area contributed by atoms with E-state index in [1.165, 1.54) is 0 Å². The zero-order chi connectivity index (χ0) is 13.8. The first-order valence-electron chi connectivity index (χ1n) is 5.53. The van der Waals surface area contributed by atoms with Gasteiger partial charge in [-0.1, -0.05) is 24.3 Å². The number of aliphatic hydroxyl groups excluding tert-OH is 2. The fourth-order valence-corrected chi connectivity index (χ4v) is 2.76. The van der Waals surface area contributed by atoms with E-state index in [1.54, 1.807) is 24.3 Å². The average molecular weight is 293 g/mol. The molecular weight excluding hydrogens is 276 g/mol. The lowest BCUT2D eigenvalue weighted by atomic mass is 9.98. The van der Waals surface area contributed by atoms with Crippen molar-refractivity contribution in [2.45, 2.75) is 24.4 Å². The van der Waals surface area contributed by atoms with Crippen LogP contribution < -0.4 is 0 Å². The Morgan fingerprint density at radius 2 is 1.89 bits per heavy atom. The molecule has 0 aromatic heterocycles. The van der Waals surface area contributed by atoms with E-state index in [2.05, 4.69) is 0 Å². The van der Waals surface area contributed by atoms with Gasteiger partial charge in [-0.25, -0.2) is 8.42 Å². The molecule has 0 amide bonds. The van der Waals surface area contributed by atoms with Gasteiger partial charge in [-0.3, -0.25) is 0 Å². The van der Waals surface area contributed by atoms with E-state index in [4.69, 9.17) is 11.6 Å². The van der Waals surface area contributed by atoms with E-state index in [-0.39, 0.29) is 18.1 Å². The molecule has 1 aromatic carbocycles. The highest BCUT2D eigenvalue weighted by atomic mass is 35.5. The Morgan fingerprint density at radius 3 is 2.44 bits per heavy atom. The van der Waals surface area contributed by atoms with Crippen LogP contribution in [0.5, 0.6) is 0 Å². The van der Waals surface area contributed by atoms with Gasteiger partial charge in [-0.05, 0) is 17.5 Å². The molecule has 0 spiro atoms. The van der Waals surface area contributed by atoms with Crippen molar-refractivity contribution in [1.29, 1.82) is 0 Å². The molecule has 18 heavy (non-hydrogen) atoms. The highest BCUT2D eigenvalue weighted by Crippen LogP contribution is 2.24. The molecule has 2 N–H and O–H groups in total. The first-order chi connectivity index (χ1) is 8.35. The summed E-state index contributed by atoms with van der Waals surface area (Å²) in [6, 6.07) is 6.64. The SMILES string of the molecule is CS(=O)(=O)Cc1ccccc1C(O)C(O)CCCl. The topological polar surface area (TPSA) is 74.6 Å². The summed E-state index contributed by atoms with van der Waals surface area (Å²) in [5.74, 6) is 0.0697. The Balaban J connectivity index is 3.01. The fraction of sp³-hybridized carbons (Fsp3) is 0.500. The third kappa shape index (κ3) is 4.57. The summed E-state index contributed by atoms with van der Waals surface area (Å²) in [6.45, 7) is 0. The van der Waals surface area contributed by atoms with Gasteiger partial charge >= 0.3 is 0 Å². The number of alkyl halides is 1. The summed E-state index contributed by atoms with van der Waals surface area (Å²) >= 11 is 5.51. The van der Waals surface area contributed by atoms with Crippen LogP contribution in [0.4, 0.5) is 0 Å². The van der Waals surface area contributed by atoms with Crippen LogP contribution >= 0.6 is 11.6 Å². The Labute approximate surface area is 112 Å². The summed E-state index contributed by atoms with van der Waals surface area (Å²) < 4.78 is 22.6. The average Bonchev–Trinajstić information content (AvgIpc) is 2.27. The number of halogens is 1. The second-order valence-electron chi connectivity index (χ2n) is 4.26. The summed E-state index contributed by atoms with van der Waals surface area (Å²) in [5, 5.41) is 19.7. The van der Waals surface area contributed by atoms with Crippen LogP contribution in [-0.4, -0.2) is 36.9 Å². The van der Waals surface area contributed by atoms with Crippen molar-refractivity contribution in [1.82, 2.24) is 0 Å². The maximum absolute atomic E-state index is 11.3. The second kappa shape index (κ2) is 6.52. The number of hydrogen-bond acceptors (Lipinski definition) is 4. The van der Waals surface area contributed by atoms with Gasteiger partial charge in [0.25, 0.3) is 0 Å². The van der Waals surface area contributed by atoms with Crippen LogP contribution in [0.25, 0.3) is 0 Å². The summed E-state index contributed by atoms with van der Waals surface area (Å²) in [6.07, 6.45) is -0.744. The van der Waals surface area contributed by atoms with Gasteiger partial charge < -0.3 is 10.2 Å². The molecule has 1 rings (SSSR count). The summed E-state index contributed by atoms with van der Waals surface area (Å²) in [4.78, 5) is 0. The van der Waals surface area contributed by atoms with Crippen molar-refractivity contribution in [3.8, 4) is 0 Å². The molecule has 0 saturated heterocycles. The molecule has 102 valence electrons. The minimum Gasteiger partial charge on any atom is -0.390 e. The highest BCUT2D eigenvalue weighted by molar-refractivity contribution is 7.89. The van der Waals surface area contributed by atoms with Gasteiger partial charge in [0.05, 0.1) is 11.9 Å². The first kappa shape index (κ1) is 15.4. The number of aliphatic hydroxyl groups is 2. The Morgan fingerprint density at radius 1 is 1.28 bits per heavy atom. The van der Waals surface area contributed by atoms with Crippen molar-refractivity contribution in [2.75, 3.05) is 12.1 Å². The zero-order valence-electron chi connectivity index (χ0n) is 10.1. The van der Waals surface area contributed by atoms with Gasteiger partial charge in [-0.2, -0.15) is 0 Å². The molecule has 0 bridgehead atoms. The lowest BCUT2D eigenvalue weighted by Gasteiger charge is -2.20. The predicted octanol–water partition coefficient (Wildman–Crippen LogP) is 1.25. The van der Waals surface area contributed by atoms with Gasteiger partial charge in [0.2, 0.25) is 0 Å². The van der Waals surface area contributed by atoms with Crippen molar-refractivity contribution in [3.05, 3.63) is 35.4 Å². The third-order valence-electron chi connectivity index (χ3n) is 2.56. The predicted molar refractivity (Wildman–Crippen MR) is 71.3 cm³/mol. The normalized spacial score (nSPS) is 15.3. The Bertz CT molecular complexity index is 487. The molecule has 2 unspecified atom stereocenters. The molecule has 0 heterocycles. The van der Waals surface area contributed by atoms with Gasteiger partial charge in [0, 0.05) is 12.1 Å². The number of sulfone groups is 1. The lowest BCUT2D eigenvalue weighted by molar-refractivity contribution is 0.0166. The van der Waals surface area contributed by atoms with Crippen LogP contribution in [0.3, 0.4) is 0 Å². The molecule has 0 saturated carbocycles. The molecule has 0 aliphatic rings. The second-order valence-corrected chi connectivity index (χ2v) is 6.78. The zero-order valence-corrected chi connectivity index (χ0v) is 11.7. The van der Waals surface area contributed by atoms with Crippen molar-refractivity contribution < 1.29 is 18.6 Å². The van der Waals surface area contributed by atoms with E-state index in [9.17, 15) is 18.6 Å². The van der Waals surface area contributed by atoms with E-state index >= 15 is 0 Å². The molecule has 0 fully saturated rings. The highest BCUT2D eigenvalue weighted by Gasteiger charge is 2.21. The number of benzene rings is 1. The third-order valence-corrected chi connectivity index (χ3v) is 3.61. The minimum atomic E-state index is -3.19. The smallest absolute Gasteiger partial charge is 0.151 e. The molecule has 0 radical (unpaired) electrons. The van der Waals surface area contributed by atoms with E-state index < -0.39 is 22.0 Å². The Hall–Kier alpha value is -0.620. The van der Waals surface area contributed by atoms with Crippen molar-refractivity contribution in [3.63, 3.8) is 0 Å². The minimum absolute atomic E-state index is 0.159. The van der Waals surface area contributed by atoms with Crippen LogP contribution in [0, 0.1) is 0 Å². The molecule has 0 aliphatic carbocycles. The van der Waals surface area contributed by atoms with Crippen molar-refractivity contribution in [2.24, 2.45) is 0 Å². The van der Waals surface area contributed by atoms with E-state index in [0.717, 1.165) is 6.26 Å². The van der Waals surface area contributed by atoms with Crippen molar-refractivity contribution >= 4 is 21.4 Å². The standard InChI is InChI=1S/C12H17ClO4S/c1-18(16,17)8-9-4-2-3-5-10(9)12(15)11(14)6-7-13/h2-5,11-12,14-15H,6-8H2,1H3. The van der Waals surface area contributed by atoms with Gasteiger partial charge in [0.15, 0.2) is 9.84 Å². The Kier molecular flexibility index (Phi) is 5.59. The maximum Gasteiger partial charge on any atom is 0.151 e. The summed E-state index contributed by atoms with van der Waals surface area (Å²) in [7, 11) is -3.19. The fourth-order valence-electron chi connectivity index (χ4n) is 1.71. The lowest BCUT2D eigenvalue weighted by Crippen LogP contribution is -2.20. The monoisotopic (exact) mass is 292 g/mol. The van der Waals surface area contributed by atoms with Crippen LogP contribution in [0.15, 0.2) is 24.3 Å². The molecule has 0 aliphatic heterocycles. The molecule has 4 nitrogen and oxygen atoms in total. The quantitative estimate of drug-likeness (QED) is 0.774. The number of rotatable bonds is 6. The van der Waals surface area contributed by atoms with E-state index in [0.29, 0.717) is 11.1 Å². The molecular formula is C12H17ClO4S. The van der Waals surface area contributed by atoms with Crippen LogP contribution in [-0.2, 0) is 15.6 Å². The van der Waals surface area contributed by atoms with Crippen LogP contribution in [0.1, 0.15) is 23.7 Å². The van der Waals surface area contributed by atoms with Gasteiger partial charge in [0.1, 0.15) is 6.10 Å².